The lowest BCUT2D eigenvalue weighted by Gasteiger charge is -2.31. The highest BCUT2D eigenvalue weighted by molar-refractivity contribution is 6.32. The van der Waals surface area contributed by atoms with Gasteiger partial charge >= 0.3 is 0 Å². The van der Waals surface area contributed by atoms with E-state index in [9.17, 15) is 0 Å². The van der Waals surface area contributed by atoms with Gasteiger partial charge in [-0.1, -0.05) is 38.3 Å². The molecule has 0 aliphatic heterocycles. The van der Waals surface area contributed by atoms with Crippen molar-refractivity contribution in [2.45, 2.75) is 58.9 Å². The number of pyridine rings is 1. The Bertz CT molecular complexity index is 397. The van der Waals surface area contributed by atoms with Crippen molar-refractivity contribution in [3.8, 4) is 0 Å². The minimum atomic E-state index is 0.554. The molecule has 106 valence electrons. The maximum atomic E-state index is 6.20. The van der Waals surface area contributed by atoms with Crippen molar-refractivity contribution in [2.24, 2.45) is 11.8 Å². The molecule has 1 aromatic heterocycles. The van der Waals surface area contributed by atoms with Gasteiger partial charge in [0.2, 0.25) is 0 Å². The summed E-state index contributed by atoms with van der Waals surface area (Å²) >= 11 is 6.20. The maximum absolute atomic E-state index is 6.20. The molecule has 0 aromatic carbocycles. The highest BCUT2D eigenvalue weighted by atomic mass is 35.5. The van der Waals surface area contributed by atoms with E-state index in [1.54, 1.807) is 6.20 Å². The molecule has 3 heteroatoms. The lowest BCUT2D eigenvalue weighted by atomic mass is 9.81. The molecular formula is C16H25ClN2. The fraction of sp³-hybridized carbons (Fsp3) is 0.688. The summed E-state index contributed by atoms with van der Waals surface area (Å²) in [4.78, 5) is 4.18. The molecule has 0 spiro atoms. The zero-order valence-corrected chi connectivity index (χ0v) is 13.0. The molecule has 1 heterocycles. The standard InChI is InChI=1S/C16H25ClN2/c1-11(2)9-13-5-4-6-14(10-13)19-15-12(3)7-8-18-16(15)17/h7-8,11,13-14,19H,4-6,9-10H2,1-3H3. The second-order valence-electron chi connectivity index (χ2n) is 6.30. The van der Waals surface area contributed by atoms with Gasteiger partial charge in [-0.2, -0.15) is 0 Å². The molecule has 2 rings (SSSR count). The molecule has 1 fully saturated rings. The highest BCUT2D eigenvalue weighted by Crippen LogP contribution is 2.33. The molecule has 2 atom stereocenters. The Morgan fingerprint density at radius 1 is 1.42 bits per heavy atom. The Balaban J connectivity index is 1.99. The number of anilines is 1. The Kier molecular flexibility index (Phi) is 5.09. The zero-order chi connectivity index (χ0) is 13.8. The fourth-order valence-electron chi connectivity index (χ4n) is 3.21. The highest BCUT2D eigenvalue weighted by Gasteiger charge is 2.23. The minimum absolute atomic E-state index is 0.554. The smallest absolute Gasteiger partial charge is 0.152 e. The summed E-state index contributed by atoms with van der Waals surface area (Å²) in [6.45, 7) is 6.72. The minimum Gasteiger partial charge on any atom is -0.380 e. The lowest BCUT2D eigenvalue weighted by Crippen LogP contribution is -2.28. The van der Waals surface area contributed by atoms with Crippen LogP contribution >= 0.6 is 11.6 Å². The van der Waals surface area contributed by atoms with Crippen LogP contribution < -0.4 is 5.32 Å². The van der Waals surface area contributed by atoms with Crippen molar-refractivity contribution in [2.75, 3.05) is 5.32 Å². The van der Waals surface area contributed by atoms with E-state index >= 15 is 0 Å². The third kappa shape index (κ3) is 4.10. The Hall–Kier alpha value is -0.760. The van der Waals surface area contributed by atoms with Gasteiger partial charge in [-0.05, 0) is 49.7 Å². The predicted molar refractivity (Wildman–Crippen MR) is 82.8 cm³/mol. The van der Waals surface area contributed by atoms with Gasteiger partial charge in [0, 0.05) is 12.2 Å². The van der Waals surface area contributed by atoms with Crippen molar-refractivity contribution in [1.82, 2.24) is 4.98 Å². The zero-order valence-electron chi connectivity index (χ0n) is 12.2. The monoisotopic (exact) mass is 280 g/mol. The molecule has 0 radical (unpaired) electrons. The van der Waals surface area contributed by atoms with E-state index < -0.39 is 0 Å². The summed E-state index contributed by atoms with van der Waals surface area (Å²) in [5.74, 6) is 1.66. The van der Waals surface area contributed by atoms with E-state index in [1.165, 1.54) is 37.7 Å². The summed E-state index contributed by atoms with van der Waals surface area (Å²) in [5.41, 5.74) is 2.21. The first kappa shape index (κ1) is 14.6. The number of hydrogen-bond acceptors (Lipinski definition) is 2. The van der Waals surface area contributed by atoms with Crippen LogP contribution in [0.2, 0.25) is 5.15 Å². The van der Waals surface area contributed by atoms with Gasteiger partial charge < -0.3 is 5.32 Å². The van der Waals surface area contributed by atoms with Gasteiger partial charge in [0.25, 0.3) is 0 Å². The molecule has 1 aromatic rings. The number of nitrogens with one attached hydrogen (secondary N) is 1. The van der Waals surface area contributed by atoms with Gasteiger partial charge in [0.1, 0.15) is 0 Å². The Labute approximate surface area is 122 Å². The number of rotatable bonds is 4. The quantitative estimate of drug-likeness (QED) is 0.780. The van der Waals surface area contributed by atoms with E-state index in [0.29, 0.717) is 11.2 Å². The van der Waals surface area contributed by atoms with E-state index in [4.69, 9.17) is 11.6 Å². The molecule has 1 N–H and O–H groups in total. The van der Waals surface area contributed by atoms with Crippen LogP contribution in [-0.4, -0.2) is 11.0 Å². The van der Waals surface area contributed by atoms with Crippen molar-refractivity contribution in [1.29, 1.82) is 0 Å². The normalized spacial score (nSPS) is 23.6. The van der Waals surface area contributed by atoms with Crippen LogP contribution in [0.15, 0.2) is 12.3 Å². The number of aryl methyl sites for hydroxylation is 1. The van der Waals surface area contributed by atoms with Crippen LogP contribution in [0.1, 0.15) is 51.5 Å². The first-order valence-corrected chi connectivity index (χ1v) is 7.81. The number of aromatic nitrogens is 1. The second-order valence-corrected chi connectivity index (χ2v) is 6.66. The van der Waals surface area contributed by atoms with Gasteiger partial charge in [0.15, 0.2) is 5.15 Å². The van der Waals surface area contributed by atoms with Crippen LogP contribution in [0, 0.1) is 18.8 Å². The summed E-state index contributed by atoms with van der Waals surface area (Å²) in [5, 5.41) is 4.23. The molecule has 2 nitrogen and oxygen atoms in total. The molecule has 2 unspecified atom stereocenters. The van der Waals surface area contributed by atoms with Crippen molar-refractivity contribution in [3.63, 3.8) is 0 Å². The second kappa shape index (κ2) is 6.60. The first-order chi connectivity index (χ1) is 9.06. The number of halogens is 1. The van der Waals surface area contributed by atoms with Gasteiger partial charge in [0.05, 0.1) is 5.69 Å². The molecule has 0 amide bonds. The lowest BCUT2D eigenvalue weighted by molar-refractivity contribution is 0.289. The summed E-state index contributed by atoms with van der Waals surface area (Å²) in [6, 6.07) is 2.57. The third-order valence-corrected chi connectivity index (χ3v) is 4.34. The van der Waals surface area contributed by atoms with Gasteiger partial charge in [-0.25, -0.2) is 4.98 Å². The van der Waals surface area contributed by atoms with E-state index in [1.807, 2.05) is 6.07 Å². The maximum Gasteiger partial charge on any atom is 0.152 e. The molecular weight excluding hydrogens is 256 g/mol. The van der Waals surface area contributed by atoms with Crippen molar-refractivity contribution < 1.29 is 0 Å². The van der Waals surface area contributed by atoms with Crippen LogP contribution in [0.5, 0.6) is 0 Å². The largest absolute Gasteiger partial charge is 0.380 e. The van der Waals surface area contributed by atoms with Crippen LogP contribution in [0.25, 0.3) is 0 Å². The summed E-state index contributed by atoms with van der Waals surface area (Å²) < 4.78 is 0. The predicted octanol–water partition coefficient (Wildman–Crippen LogP) is 5.06. The molecule has 0 bridgehead atoms. The van der Waals surface area contributed by atoms with Crippen molar-refractivity contribution >= 4 is 17.3 Å². The molecule has 1 aliphatic rings. The number of nitrogens with zero attached hydrogens (tertiary/aromatic N) is 1. The Morgan fingerprint density at radius 2 is 2.21 bits per heavy atom. The van der Waals surface area contributed by atoms with Crippen LogP contribution in [-0.2, 0) is 0 Å². The Morgan fingerprint density at radius 3 is 2.89 bits per heavy atom. The molecule has 1 aliphatic carbocycles. The summed E-state index contributed by atoms with van der Waals surface area (Å²) in [6.07, 6.45) is 8.34. The van der Waals surface area contributed by atoms with Gasteiger partial charge in [-0.3, -0.25) is 0 Å². The van der Waals surface area contributed by atoms with Crippen LogP contribution in [0.4, 0.5) is 5.69 Å². The molecule has 1 saturated carbocycles. The number of hydrogen-bond donors (Lipinski definition) is 1. The molecule has 19 heavy (non-hydrogen) atoms. The van der Waals surface area contributed by atoms with Crippen molar-refractivity contribution in [3.05, 3.63) is 23.0 Å². The van der Waals surface area contributed by atoms with Gasteiger partial charge in [-0.15, -0.1) is 0 Å². The van der Waals surface area contributed by atoms with E-state index in [0.717, 1.165) is 17.5 Å². The fourth-order valence-corrected chi connectivity index (χ4v) is 3.47. The van der Waals surface area contributed by atoms with Crippen LogP contribution in [0.3, 0.4) is 0 Å². The average molecular weight is 281 g/mol. The topological polar surface area (TPSA) is 24.9 Å². The third-order valence-electron chi connectivity index (χ3n) is 4.05. The summed E-state index contributed by atoms with van der Waals surface area (Å²) in [7, 11) is 0. The molecule has 0 saturated heterocycles. The first-order valence-electron chi connectivity index (χ1n) is 7.44. The van der Waals surface area contributed by atoms with E-state index in [2.05, 4.69) is 31.1 Å². The average Bonchev–Trinajstić information content (AvgIpc) is 2.34. The SMILES string of the molecule is Cc1ccnc(Cl)c1NC1CCCC(CC(C)C)C1. The van der Waals surface area contributed by atoms with E-state index in [-0.39, 0.29) is 0 Å².